The van der Waals surface area contributed by atoms with Gasteiger partial charge in [-0.1, -0.05) is 230 Å². The second-order valence-corrected chi connectivity index (χ2v) is 18.8. The summed E-state index contributed by atoms with van der Waals surface area (Å²) in [5.74, 6) is 1.84. The summed E-state index contributed by atoms with van der Waals surface area (Å²) in [5, 5.41) is 0. The van der Waals surface area contributed by atoms with Gasteiger partial charge in [0.25, 0.3) is 0 Å². The number of aryl methyl sites for hydroxylation is 3. The summed E-state index contributed by atoms with van der Waals surface area (Å²) in [6.07, 6.45) is 38.7. The standard InChI is InChI=1S/C54H87O4P/c1-5-9-13-17-21-25-29-38-48-43-37-47-54(51(48)44-32-28-24-20-16-12-8-4)58-59(55,56-52-45-35-33-41-49(52)39-30-26-22-18-14-10-6-2)57-53-46-36-34-42-50(53)40-31-27-23-19-15-11-7-3/h33-37,41-43,45-47H,5-32,38-40,44H2,1-4H3. The van der Waals surface area contributed by atoms with E-state index in [0.717, 1.165) is 62.5 Å². The fourth-order valence-electron chi connectivity index (χ4n) is 8.31. The average molecular weight is 831 g/mol. The summed E-state index contributed by atoms with van der Waals surface area (Å²) in [5.41, 5.74) is 4.60. The van der Waals surface area contributed by atoms with Gasteiger partial charge in [-0.2, -0.15) is 4.57 Å². The highest BCUT2D eigenvalue weighted by Crippen LogP contribution is 2.52. The van der Waals surface area contributed by atoms with Crippen molar-refractivity contribution in [1.29, 1.82) is 0 Å². The zero-order valence-corrected chi connectivity index (χ0v) is 39.5. The van der Waals surface area contributed by atoms with Crippen molar-refractivity contribution >= 4 is 7.82 Å². The number of benzene rings is 3. The van der Waals surface area contributed by atoms with Crippen LogP contribution < -0.4 is 13.6 Å². The van der Waals surface area contributed by atoms with Crippen LogP contribution >= 0.6 is 7.82 Å². The summed E-state index contributed by atoms with van der Waals surface area (Å²) >= 11 is 0. The lowest BCUT2D eigenvalue weighted by Gasteiger charge is -2.24. The predicted molar refractivity (Wildman–Crippen MR) is 256 cm³/mol. The van der Waals surface area contributed by atoms with Gasteiger partial charge in [-0.3, -0.25) is 0 Å². The predicted octanol–water partition coefficient (Wildman–Crippen LogP) is 18.5. The zero-order chi connectivity index (χ0) is 42.1. The summed E-state index contributed by atoms with van der Waals surface area (Å²) in [6, 6.07) is 22.5. The molecule has 0 aliphatic rings. The maximum absolute atomic E-state index is 15.4. The number of para-hydroxylation sites is 2. The number of hydrogen-bond acceptors (Lipinski definition) is 4. The minimum atomic E-state index is -4.21. The third-order valence-corrected chi connectivity index (χ3v) is 13.2. The van der Waals surface area contributed by atoms with Crippen molar-refractivity contribution < 1.29 is 18.1 Å². The summed E-state index contributed by atoms with van der Waals surface area (Å²) in [4.78, 5) is 0. The van der Waals surface area contributed by atoms with Crippen molar-refractivity contribution in [3.8, 4) is 17.2 Å². The molecule has 0 heterocycles. The summed E-state index contributed by atoms with van der Waals surface area (Å²) < 4.78 is 35.4. The van der Waals surface area contributed by atoms with Crippen LogP contribution in [0.25, 0.3) is 0 Å². The second-order valence-electron chi connectivity index (χ2n) is 17.3. The molecule has 0 fully saturated rings. The molecule has 0 aromatic heterocycles. The zero-order valence-electron chi connectivity index (χ0n) is 38.6. The molecule has 0 spiro atoms. The smallest absolute Gasteiger partial charge is 0.386 e. The lowest BCUT2D eigenvalue weighted by molar-refractivity contribution is 0.295. The van der Waals surface area contributed by atoms with E-state index < -0.39 is 7.82 Å². The summed E-state index contributed by atoms with van der Waals surface area (Å²) in [7, 11) is -4.21. The number of rotatable bonds is 38. The molecule has 332 valence electrons. The van der Waals surface area contributed by atoms with Crippen LogP contribution in [0.5, 0.6) is 17.2 Å². The molecule has 0 aliphatic carbocycles. The number of phosphoric acid groups is 1. The molecule has 0 unspecified atom stereocenters. The Balaban J connectivity index is 1.89. The largest absolute Gasteiger partial charge is 0.647 e. The van der Waals surface area contributed by atoms with Crippen molar-refractivity contribution in [2.24, 2.45) is 0 Å². The van der Waals surface area contributed by atoms with E-state index in [1.807, 2.05) is 30.3 Å². The van der Waals surface area contributed by atoms with E-state index in [1.54, 1.807) is 0 Å². The molecule has 0 atom stereocenters. The Morgan fingerprint density at radius 3 is 1.02 bits per heavy atom. The lowest BCUT2D eigenvalue weighted by atomic mass is 9.95. The minimum Gasteiger partial charge on any atom is -0.386 e. The minimum absolute atomic E-state index is 0.597. The van der Waals surface area contributed by atoms with Gasteiger partial charge in [0.05, 0.1) is 0 Å². The van der Waals surface area contributed by atoms with Crippen LogP contribution in [0.1, 0.15) is 230 Å². The molecular weight excluding hydrogens is 744 g/mol. The van der Waals surface area contributed by atoms with Gasteiger partial charge in [0.2, 0.25) is 0 Å². The SMILES string of the molecule is CCCCCCCCCc1ccccc1OP(=O)(Oc1ccccc1CCCCCCCCC)Oc1cccc(CCCCCCCCC)c1CCCCCCCCC. The Hall–Kier alpha value is -2.71. The van der Waals surface area contributed by atoms with Crippen LogP contribution in [-0.2, 0) is 30.2 Å². The molecule has 3 rings (SSSR count). The molecule has 0 amide bonds. The van der Waals surface area contributed by atoms with Crippen molar-refractivity contribution in [3.63, 3.8) is 0 Å². The van der Waals surface area contributed by atoms with Crippen LogP contribution in [0, 0.1) is 0 Å². The highest BCUT2D eigenvalue weighted by molar-refractivity contribution is 7.49. The Bertz CT molecular complexity index is 1450. The van der Waals surface area contributed by atoms with Crippen LogP contribution in [0.4, 0.5) is 0 Å². The Morgan fingerprint density at radius 2 is 0.610 bits per heavy atom. The quantitative estimate of drug-likeness (QED) is 0.0426. The first-order valence-electron chi connectivity index (χ1n) is 25.0. The second kappa shape index (κ2) is 33.0. The first-order chi connectivity index (χ1) is 29.0. The fourth-order valence-corrected chi connectivity index (χ4v) is 9.67. The van der Waals surface area contributed by atoms with Gasteiger partial charge in [0, 0.05) is 0 Å². The van der Waals surface area contributed by atoms with Gasteiger partial charge in [0.15, 0.2) is 0 Å². The van der Waals surface area contributed by atoms with Crippen molar-refractivity contribution in [2.45, 2.75) is 233 Å². The van der Waals surface area contributed by atoms with Gasteiger partial charge < -0.3 is 13.6 Å². The van der Waals surface area contributed by atoms with E-state index in [-0.39, 0.29) is 0 Å². The molecule has 0 aliphatic heterocycles. The van der Waals surface area contributed by atoms with E-state index in [0.29, 0.717) is 17.2 Å². The Labute approximate surface area is 364 Å². The maximum Gasteiger partial charge on any atom is 0.647 e. The highest BCUT2D eigenvalue weighted by Gasteiger charge is 2.35. The Morgan fingerprint density at radius 1 is 0.322 bits per heavy atom. The van der Waals surface area contributed by atoms with E-state index in [1.165, 1.54) is 165 Å². The first kappa shape index (κ1) is 50.6. The molecule has 4 nitrogen and oxygen atoms in total. The van der Waals surface area contributed by atoms with Crippen molar-refractivity contribution in [3.05, 3.63) is 89.0 Å². The molecular formula is C54H87O4P. The van der Waals surface area contributed by atoms with Crippen LogP contribution in [0.15, 0.2) is 66.7 Å². The maximum atomic E-state index is 15.4. The highest BCUT2D eigenvalue weighted by atomic mass is 31.2. The average Bonchev–Trinajstić information content (AvgIpc) is 3.24. The van der Waals surface area contributed by atoms with Crippen LogP contribution in [-0.4, -0.2) is 0 Å². The molecule has 0 N–H and O–H groups in total. The lowest BCUT2D eigenvalue weighted by Crippen LogP contribution is -2.11. The monoisotopic (exact) mass is 831 g/mol. The van der Waals surface area contributed by atoms with Crippen LogP contribution in [0.3, 0.4) is 0 Å². The molecule has 0 saturated heterocycles. The fraction of sp³-hybridized carbons (Fsp3) is 0.667. The third kappa shape index (κ3) is 22.1. The van der Waals surface area contributed by atoms with E-state index in [4.69, 9.17) is 13.6 Å². The molecule has 3 aromatic carbocycles. The molecule has 0 radical (unpaired) electrons. The topological polar surface area (TPSA) is 44.8 Å². The van der Waals surface area contributed by atoms with Gasteiger partial charge in [-0.15, -0.1) is 0 Å². The van der Waals surface area contributed by atoms with Gasteiger partial charge in [0.1, 0.15) is 17.2 Å². The van der Waals surface area contributed by atoms with Gasteiger partial charge in [-0.05, 0) is 91.8 Å². The van der Waals surface area contributed by atoms with Crippen molar-refractivity contribution in [1.82, 2.24) is 0 Å². The first-order valence-corrected chi connectivity index (χ1v) is 26.4. The summed E-state index contributed by atoms with van der Waals surface area (Å²) in [6.45, 7) is 9.09. The molecule has 5 heteroatoms. The van der Waals surface area contributed by atoms with Gasteiger partial charge in [-0.25, -0.2) is 0 Å². The normalized spacial score (nSPS) is 11.6. The number of unbranched alkanes of at least 4 members (excludes halogenated alkanes) is 24. The van der Waals surface area contributed by atoms with E-state index in [9.17, 15) is 0 Å². The van der Waals surface area contributed by atoms with Crippen LogP contribution in [0.2, 0.25) is 0 Å². The van der Waals surface area contributed by atoms with Crippen molar-refractivity contribution in [2.75, 3.05) is 0 Å². The molecule has 0 saturated carbocycles. The molecule has 0 bridgehead atoms. The number of hydrogen-bond donors (Lipinski definition) is 0. The van der Waals surface area contributed by atoms with E-state index >= 15 is 4.57 Å². The van der Waals surface area contributed by atoms with E-state index in [2.05, 4.69) is 64.1 Å². The molecule has 3 aromatic rings. The third-order valence-electron chi connectivity index (χ3n) is 12.0. The number of phosphoric ester groups is 1. The molecule has 59 heavy (non-hydrogen) atoms. The Kier molecular flexibility index (Phi) is 28.3. The van der Waals surface area contributed by atoms with Gasteiger partial charge >= 0.3 is 7.82 Å².